The first-order chi connectivity index (χ1) is 7.97. The molecule has 0 atom stereocenters. The number of nitrogens with two attached hydrogens (primary N) is 1. The van der Waals surface area contributed by atoms with Crippen LogP contribution >= 0.6 is 0 Å². The Morgan fingerprint density at radius 1 is 1.18 bits per heavy atom. The predicted octanol–water partition coefficient (Wildman–Crippen LogP) is 2.80. The molecule has 0 spiro atoms. The van der Waals surface area contributed by atoms with Gasteiger partial charge < -0.3 is 10.5 Å². The Hall–Kier alpha value is -1.35. The van der Waals surface area contributed by atoms with Crippen molar-refractivity contribution in [3.8, 4) is 5.75 Å². The average molecular weight is 235 g/mol. The molecule has 3 heteroatoms. The van der Waals surface area contributed by atoms with Crippen LogP contribution in [0.4, 0.5) is 0 Å². The Kier molecular flexibility index (Phi) is 4.70. The van der Waals surface area contributed by atoms with Gasteiger partial charge in [0.1, 0.15) is 5.75 Å². The van der Waals surface area contributed by atoms with E-state index in [0.717, 1.165) is 11.1 Å². The minimum Gasteiger partial charge on any atom is -0.425 e. The number of esters is 1. The summed E-state index contributed by atoms with van der Waals surface area (Å²) in [6, 6.07) is 6.00. The fourth-order valence-corrected chi connectivity index (χ4v) is 1.76. The van der Waals surface area contributed by atoms with Gasteiger partial charge in [0.05, 0.1) is 6.54 Å². The highest BCUT2D eigenvalue weighted by molar-refractivity contribution is 5.75. The van der Waals surface area contributed by atoms with Gasteiger partial charge in [0.2, 0.25) is 0 Å². The summed E-state index contributed by atoms with van der Waals surface area (Å²) >= 11 is 0. The summed E-state index contributed by atoms with van der Waals surface area (Å²) in [4.78, 5) is 11.4. The van der Waals surface area contributed by atoms with Crippen LogP contribution in [0.3, 0.4) is 0 Å². The lowest BCUT2D eigenvalue weighted by Gasteiger charge is -2.18. The van der Waals surface area contributed by atoms with Crippen molar-refractivity contribution in [2.45, 2.75) is 39.5 Å². The van der Waals surface area contributed by atoms with Crippen molar-refractivity contribution >= 4 is 5.97 Å². The molecule has 0 aliphatic rings. The lowest BCUT2D eigenvalue weighted by molar-refractivity contribution is -0.132. The molecule has 0 bridgehead atoms. The zero-order valence-electron chi connectivity index (χ0n) is 11.0. The molecule has 0 aromatic heterocycles. The van der Waals surface area contributed by atoms with Crippen molar-refractivity contribution in [3.63, 3.8) is 0 Å². The fraction of sp³-hybridized carbons (Fsp3) is 0.500. The molecule has 3 nitrogen and oxygen atoms in total. The maximum atomic E-state index is 11.4. The van der Waals surface area contributed by atoms with Crippen molar-refractivity contribution < 1.29 is 9.53 Å². The Labute approximate surface area is 103 Å². The number of carbonyl (C=O) groups excluding carboxylic acids is 1. The number of rotatable bonds is 4. The highest BCUT2D eigenvalue weighted by Gasteiger charge is 2.17. The third-order valence-corrected chi connectivity index (χ3v) is 2.70. The van der Waals surface area contributed by atoms with Gasteiger partial charge in [-0.15, -0.1) is 0 Å². The quantitative estimate of drug-likeness (QED) is 0.645. The lowest BCUT2D eigenvalue weighted by Crippen LogP contribution is -2.21. The molecule has 0 saturated heterocycles. The maximum Gasteiger partial charge on any atom is 0.325 e. The van der Waals surface area contributed by atoms with Crippen molar-refractivity contribution in [1.82, 2.24) is 0 Å². The Morgan fingerprint density at radius 3 is 2.00 bits per heavy atom. The van der Waals surface area contributed by atoms with Gasteiger partial charge in [0.25, 0.3) is 0 Å². The highest BCUT2D eigenvalue weighted by Crippen LogP contribution is 2.34. The third-order valence-electron chi connectivity index (χ3n) is 2.70. The van der Waals surface area contributed by atoms with Crippen molar-refractivity contribution in [2.75, 3.05) is 6.54 Å². The van der Waals surface area contributed by atoms with Crippen LogP contribution in [0.5, 0.6) is 5.75 Å². The highest BCUT2D eigenvalue weighted by atomic mass is 16.5. The topological polar surface area (TPSA) is 52.3 Å². The van der Waals surface area contributed by atoms with E-state index in [1.54, 1.807) is 0 Å². The van der Waals surface area contributed by atoms with E-state index in [1.807, 2.05) is 18.2 Å². The van der Waals surface area contributed by atoms with Gasteiger partial charge in [-0.25, -0.2) is 0 Å². The zero-order chi connectivity index (χ0) is 13.0. The third kappa shape index (κ3) is 3.30. The van der Waals surface area contributed by atoms with E-state index in [9.17, 15) is 4.79 Å². The van der Waals surface area contributed by atoms with Gasteiger partial charge in [-0.2, -0.15) is 0 Å². The molecular formula is C14H21NO2. The molecule has 94 valence electrons. The van der Waals surface area contributed by atoms with E-state index < -0.39 is 0 Å². The molecular weight excluding hydrogens is 214 g/mol. The molecule has 0 amide bonds. The van der Waals surface area contributed by atoms with Crippen LogP contribution in [0, 0.1) is 0 Å². The minimum atomic E-state index is -0.389. The Bertz CT molecular complexity index is 371. The van der Waals surface area contributed by atoms with Crippen LogP contribution < -0.4 is 10.5 Å². The lowest BCUT2D eigenvalue weighted by atomic mass is 9.94. The molecule has 17 heavy (non-hydrogen) atoms. The Morgan fingerprint density at radius 2 is 1.65 bits per heavy atom. The largest absolute Gasteiger partial charge is 0.425 e. The minimum absolute atomic E-state index is 0.0933. The van der Waals surface area contributed by atoms with Crippen LogP contribution in [0.25, 0.3) is 0 Å². The molecule has 0 aliphatic heterocycles. The zero-order valence-corrected chi connectivity index (χ0v) is 11.0. The summed E-state index contributed by atoms with van der Waals surface area (Å²) in [6.07, 6.45) is 0. The summed E-state index contributed by atoms with van der Waals surface area (Å²) in [6.45, 7) is 8.24. The van der Waals surface area contributed by atoms with Crippen molar-refractivity contribution in [1.29, 1.82) is 0 Å². The normalized spacial score (nSPS) is 11.0. The first kappa shape index (κ1) is 13.7. The smallest absolute Gasteiger partial charge is 0.325 e. The maximum absolute atomic E-state index is 11.4. The van der Waals surface area contributed by atoms with Gasteiger partial charge >= 0.3 is 5.97 Å². The second kappa shape index (κ2) is 5.82. The van der Waals surface area contributed by atoms with E-state index >= 15 is 0 Å². The summed E-state index contributed by atoms with van der Waals surface area (Å²) < 4.78 is 5.38. The van der Waals surface area contributed by atoms with Crippen LogP contribution in [0.1, 0.15) is 50.7 Å². The summed E-state index contributed by atoms with van der Waals surface area (Å²) in [7, 11) is 0. The monoisotopic (exact) mass is 235 g/mol. The molecule has 1 rings (SSSR count). The molecule has 1 aromatic rings. The number of carbonyl (C=O) groups is 1. The van der Waals surface area contributed by atoms with Crippen LogP contribution in [-0.2, 0) is 4.79 Å². The first-order valence-electron chi connectivity index (χ1n) is 6.00. The summed E-state index contributed by atoms with van der Waals surface area (Å²) in [5.74, 6) is 0.927. The summed E-state index contributed by atoms with van der Waals surface area (Å²) in [5.41, 5.74) is 7.41. The SMILES string of the molecule is CC(C)c1cccc(C(C)C)c1OC(=O)CN. The van der Waals surface area contributed by atoms with Gasteiger partial charge in [-0.3, -0.25) is 4.79 Å². The first-order valence-corrected chi connectivity index (χ1v) is 6.00. The van der Waals surface area contributed by atoms with Gasteiger partial charge in [-0.05, 0) is 23.0 Å². The van der Waals surface area contributed by atoms with E-state index in [-0.39, 0.29) is 12.5 Å². The molecule has 0 unspecified atom stereocenters. The Balaban J connectivity index is 3.23. The number of para-hydroxylation sites is 1. The molecule has 1 aromatic carbocycles. The molecule has 0 aliphatic carbocycles. The second-order valence-corrected chi connectivity index (χ2v) is 4.75. The van der Waals surface area contributed by atoms with E-state index in [2.05, 4.69) is 27.7 Å². The molecule has 0 radical (unpaired) electrons. The molecule has 2 N–H and O–H groups in total. The van der Waals surface area contributed by atoms with Crippen molar-refractivity contribution in [2.24, 2.45) is 5.73 Å². The second-order valence-electron chi connectivity index (χ2n) is 4.75. The number of hydrogen-bond donors (Lipinski definition) is 1. The number of ether oxygens (including phenoxy) is 1. The van der Waals surface area contributed by atoms with Crippen LogP contribution in [-0.4, -0.2) is 12.5 Å². The van der Waals surface area contributed by atoms with Crippen molar-refractivity contribution in [3.05, 3.63) is 29.3 Å². The van der Waals surface area contributed by atoms with E-state index in [4.69, 9.17) is 10.5 Å². The standard InChI is InChI=1S/C14H21NO2/c1-9(2)11-6-5-7-12(10(3)4)14(11)17-13(16)8-15/h5-7,9-10H,8,15H2,1-4H3. The molecule has 0 heterocycles. The van der Waals surface area contributed by atoms with E-state index in [1.165, 1.54) is 0 Å². The molecule has 0 saturated carbocycles. The van der Waals surface area contributed by atoms with Gasteiger partial charge in [-0.1, -0.05) is 45.9 Å². The van der Waals surface area contributed by atoms with Crippen LogP contribution in [0.15, 0.2) is 18.2 Å². The summed E-state index contributed by atoms with van der Waals surface area (Å²) in [5, 5.41) is 0. The number of benzene rings is 1. The fourth-order valence-electron chi connectivity index (χ4n) is 1.76. The van der Waals surface area contributed by atoms with Gasteiger partial charge in [0.15, 0.2) is 0 Å². The van der Waals surface area contributed by atoms with Gasteiger partial charge in [0, 0.05) is 0 Å². The predicted molar refractivity (Wildman–Crippen MR) is 69.3 cm³/mol. The number of hydrogen-bond acceptors (Lipinski definition) is 3. The van der Waals surface area contributed by atoms with E-state index in [0.29, 0.717) is 17.6 Å². The molecule has 0 fully saturated rings. The van der Waals surface area contributed by atoms with Crippen LogP contribution in [0.2, 0.25) is 0 Å². The average Bonchev–Trinajstić information content (AvgIpc) is 2.28.